The molecule has 0 aromatic carbocycles. The van der Waals surface area contributed by atoms with Gasteiger partial charge in [0.25, 0.3) is 5.91 Å². The third kappa shape index (κ3) is 2.99. The summed E-state index contributed by atoms with van der Waals surface area (Å²) in [5, 5.41) is 0. The normalized spacial score (nSPS) is 40.1. The molecule has 1 saturated heterocycles. The summed E-state index contributed by atoms with van der Waals surface area (Å²) in [5.74, 6) is 2.52. The van der Waals surface area contributed by atoms with Crippen molar-refractivity contribution in [3.63, 3.8) is 0 Å². The molecule has 27 heavy (non-hydrogen) atoms. The lowest BCUT2D eigenvalue weighted by atomic mass is 9.62. The molecule has 3 aliphatic carbocycles. The fourth-order valence-corrected chi connectivity index (χ4v) is 6.48. The molecule has 2 heterocycles. The lowest BCUT2D eigenvalue weighted by Gasteiger charge is -2.56. The van der Waals surface area contributed by atoms with Gasteiger partial charge in [-0.05, 0) is 61.6 Å². The van der Waals surface area contributed by atoms with E-state index in [1.54, 1.807) is 6.20 Å². The van der Waals surface area contributed by atoms with E-state index in [1.165, 1.54) is 38.5 Å². The number of carbonyl (C=O) groups is 1. The van der Waals surface area contributed by atoms with E-state index in [0.29, 0.717) is 17.5 Å². The summed E-state index contributed by atoms with van der Waals surface area (Å²) in [4.78, 5) is 18.6. The summed E-state index contributed by atoms with van der Waals surface area (Å²) >= 11 is 0. The second-order valence-corrected chi connectivity index (χ2v) is 8.95. The average molecular weight is 392 g/mol. The molecule has 4 fully saturated rings. The first-order valence-electron chi connectivity index (χ1n) is 10.2. The molecular weight excluding hydrogens is 362 g/mol. The molecule has 3 saturated carbocycles. The predicted octanol–water partition coefficient (Wildman–Crippen LogP) is 2.97. The molecule has 1 amide bonds. The van der Waals surface area contributed by atoms with Gasteiger partial charge in [-0.2, -0.15) is 0 Å². The van der Waals surface area contributed by atoms with Gasteiger partial charge in [-0.1, -0.05) is 6.42 Å². The third-order valence-electron chi connectivity index (χ3n) is 7.76. The number of aromatic nitrogens is 1. The van der Waals surface area contributed by atoms with E-state index >= 15 is 0 Å². The van der Waals surface area contributed by atoms with E-state index in [-0.39, 0.29) is 18.0 Å². The summed E-state index contributed by atoms with van der Waals surface area (Å²) in [7, 11) is 1.84. The Kier molecular flexibility index (Phi) is 4.98. The number of halogens is 1. The molecule has 6 atom stereocenters. The van der Waals surface area contributed by atoms with Gasteiger partial charge in [-0.3, -0.25) is 14.7 Å². The number of hydrogen-bond acceptors (Lipinski definition) is 4. The Morgan fingerprint density at radius 3 is 2.48 bits per heavy atom. The maximum atomic E-state index is 11.6. The molecular formula is C21H30ClN3O2. The fraction of sp³-hybridized carbons (Fsp3) is 0.714. The maximum Gasteiger partial charge on any atom is 0.267 e. The van der Waals surface area contributed by atoms with Gasteiger partial charge in [0.2, 0.25) is 0 Å². The van der Waals surface area contributed by atoms with Crippen molar-refractivity contribution in [2.45, 2.75) is 50.2 Å². The van der Waals surface area contributed by atoms with Crippen LogP contribution in [0.5, 0.6) is 0 Å². The van der Waals surface area contributed by atoms with Crippen LogP contribution in [0.4, 0.5) is 0 Å². The average Bonchev–Trinajstić information content (AvgIpc) is 3.25. The number of nitrogens with zero attached hydrogens (tertiary/aromatic N) is 2. The number of rotatable bonds is 4. The molecule has 1 aromatic heterocycles. The van der Waals surface area contributed by atoms with Gasteiger partial charge in [-0.15, -0.1) is 12.4 Å². The number of methoxy groups -OCH3 is 1. The van der Waals surface area contributed by atoms with E-state index in [0.717, 1.165) is 36.5 Å². The highest BCUT2D eigenvalue weighted by molar-refractivity contribution is 5.90. The van der Waals surface area contributed by atoms with E-state index in [2.05, 4.69) is 9.88 Å². The van der Waals surface area contributed by atoms with Gasteiger partial charge in [0.05, 0.1) is 0 Å². The number of fused-ring (bicyclic) bond motifs is 3. The highest BCUT2D eigenvalue weighted by atomic mass is 35.5. The number of pyridine rings is 1. The minimum Gasteiger partial charge on any atom is -0.373 e. The Morgan fingerprint density at radius 1 is 1.22 bits per heavy atom. The Hall–Kier alpha value is -1.17. The van der Waals surface area contributed by atoms with Crippen LogP contribution in [0.1, 0.15) is 54.6 Å². The number of primary amides is 1. The molecule has 148 valence electrons. The Labute approximate surface area is 167 Å². The SMILES string of the molecule is COC1(c2ccnc(C(N)=O)c2)[C@@H]2CCC[C@H]1CN([C@@H]1C[C@H]3C[C@H]3C1)C2.Cl. The van der Waals surface area contributed by atoms with Crippen LogP contribution in [0.3, 0.4) is 0 Å². The van der Waals surface area contributed by atoms with Gasteiger partial charge in [0, 0.05) is 44.3 Å². The summed E-state index contributed by atoms with van der Waals surface area (Å²) in [5.41, 5.74) is 6.61. The van der Waals surface area contributed by atoms with Gasteiger partial charge in [-0.25, -0.2) is 0 Å². The van der Waals surface area contributed by atoms with Gasteiger partial charge in [0.1, 0.15) is 11.3 Å². The van der Waals surface area contributed by atoms with Crippen molar-refractivity contribution in [3.8, 4) is 0 Å². The summed E-state index contributed by atoms with van der Waals surface area (Å²) in [6, 6.07) is 4.69. The smallest absolute Gasteiger partial charge is 0.267 e. The number of likely N-dealkylation sites (tertiary alicyclic amines) is 1. The number of ether oxygens (including phenoxy) is 1. The summed E-state index contributed by atoms with van der Waals surface area (Å²) < 4.78 is 6.30. The Balaban J connectivity index is 0.00000180. The van der Waals surface area contributed by atoms with Crippen molar-refractivity contribution in [3.05, 3.63) is 29.6 Å². The minimum atomic E-state index is -0.467. The van der Waals surface area contributed by atoms with Crippen LogP contribution < -0.4 is 5.73 Å². The largest absolute Gasteiger partial charge is 0.373 e. The summed E-state index contributed by atoms with van der Waals surface area (Å²) in [6.45, 7) is 2.23. The van der Waals surface area contributed by atoms with E-state index in [1.807, 2.05) is 19.2 Å². The van der Waals surface area contributed by atoms with Gasteiger partial charge >= 0.3 is 0 Å². The van der Waals surface area contributed by atoms with Crippen LogP contribution in [0.25, 0.3) is 0 Å². The van der Waals surface area contributed by atoms with Crippen LogP contribution in [-0.4, -0.2) is 42.0 Å². The Bertz CT molecular complexity index is 703. The second-order valence-electron chi connectivity index (χ2n) is 8.95. The molecule has 2 bridgehead atoms. The quantitative estimate of drug-likeness (QED) is 0.856. The molecule has 5 rings (SSSR count). The van der Waals surface area contributed by atoms with Crippen LogP contribution >= 0.6 is 12.4 Å². The molecule has 4 aliphatic rings. The van der Waals surface area contributed by atoms with Gasteiger partial charge < -0.3 is 10.5 Å². The van der Waals surface area contributed by atoms with Crippen molar-refractivity contribution in [2.75, 3.05) is 20.2 Å². The zero-order chi connectivity index (χ0) is 17.9. The maximum absolute atomic E-state index is 11.6. The van der Waals surface area contributed by atoms with Crippen LogP contribution in [0.2, 0.25) is 0 Å². The minimum absolute atomic E-state index is 0. The highest BCUT2D eigenvalue weighted by Gasteiger charge is 2.56. The van der Waals surface area contributed by atoms with E-state index < -0.39 is 5.91 Å². The zero-order valence-corrected chi connectivity index (χ0v) is 16.8. The topological polar surface area (TPSA) is 68.5 Å². The van der Waals surface area contributed by atoms with Crippen molar-refractivity contribution < 1.29 is 9.53 Å². The molecule has 1 unspecified atom stereocenters. The standard InChI is InChI=1S/C21H29N3O2.ClH/c1-26-21(15-5-6-23-19(10-15)20(22)25)16-3-2-4-17(21)12-24(11-16)18-8-13-7-14(13)9-18;/h5-6,10,13-14,16-18H,2-4,7-9,11-12H2,1H3,(H2,22,25);1H/t13-,14+,16-,17+,18-,21?;. The Morgan fingerprint density at radius 2 is 1.89 bits per heavy atom. The van der Waals surface area contributed by atoms with Gasteiger partial charge in [0.15, 0.2) is 0 Å². The van der Waals surface area contributed by atoms with Crippen molar-refractivity contribution in [1.82, 2.24) is 9.88 Å². The second kappa shape index (κ2) is 7.02. The lowest BCUT2D eigenvalue weighted by molar-refractivity contribution is -0.174. The lowest BCUT2D eigenvalue weighted by Crippen LogP contribution is -2.60. The molecule has 0 radical (unpaired) electrons. The molecule has 5 nitrogen and oxygen atoms in total. The number of piperidine rings is 1. The summed E-state index contributed by atoms with van der Waals surface area (Å²) in [6.07, 6.45) is 9.66. The number of carbonyl (C=O) groups excluding carboxylic acids is 1. The molecule has 1 aliphatic heterocycles. The third-order valence-corrected chi connectivity index (χ3v) is 7.76. The van der Waals surface area contributed by atoms with Crippen molar-refractivity contribution in [2.24, 2.45) is 29.4 Å². The number of amides is 1. The fourth-order valence-electron chi connectivity index (χ4n) is 6.48. The van der Waals surface area contributed by atoms with Crippen molar-refractivity contribution in [1.29, 1.82) is 0 Å². The first kappa shape index (κ1) is 19.2. The van der Waals surface area contributed by atoms with Crippen LogP contribution in [-0.2, 0) is 10.3 Å². The molecule has 6 heteroatoms. The number of nitrogens with two attached hydrogens (primary N) is 1. The molecule has 2 N–H and O–H groups in total. The zero-order valence-electron chi connectivity index (χ0n) is 16.0. The highest BCUT2D eigenvalue weighted by Crippen LogP contribution is 2.56. The monoisotopic (exact) mass is 391 g/mol. The van der Waals surface area contributed by atoms with Crippen molar-refractivity contribution >= 4 is 18.3 Å². The molecule has 1 aromatic rings. The molecule has 0 spiro atoms. The first-order valence-corrected chi connectivity index (χ1v) is 10.2. The number of hydrogen-bond donors (Lipinski definition) is 1. The van der Waals surface area contributed by atoms with E-state index in [9.17, 15) is 4.79 Å². The van der Waals surface area contributed by atoms with E-state index in [4.69, 9.17) is 10.5 Å². The van der Waals surface area contributed by atoms with Crippen LogP contribution in [0, 0.1) is 23.7 Å². The van der Waals surface area contributed by atoms with Crippen LogP contribution in [0.15, 0.2) is 18.3 Å². The first-order chi connectivity index (χ1) is 12.6. The predicted molar refractivity (Wildman–Crippen MR) is 106 cm³/mol.